The third kappa shape index (κ3) is 9.61. The van der Waals surface area contributed by atoms with Gasteiger partial charge in [-0.25, -0.2) is 9.48 Å². The molecule has 30 heavy (non-hydrogen) atoms. The highest BCUT2D eigenvalue weighted by molar-refractivity contribution is 5.83. The summed E-state index contributed by atoms with van der Waals surface area (Å²) >= 11 is 0. The lowest BCUT2D eigenvalue weighted by Crippen LogP contribution is -2.40. The molecule has 11 heteroatoms. The molecule has 11 nitrogen and oxygen atoms in total. The van der Waals surface area contributed by atoms with Gasteiger partial charge in [0.1, 0.15) is 12.6 Å². The van der Waals surface area contributed by atoms with Crippen LogP contribution in [-0.4, -0.2) is 97.3 Å². The van der Waals surface area contributed by atoms with E-state index in [4.69, 9.17) is 0 Å². The van der Waals surface area contributed by atoms with Gasteiger partial charge < -0.3 is 26.0 Å². The van der Waals surface area contributed by atoms with E-state index >= 15 is 0 Å². The molecule has 170 valence electrons. The molecule has 1 fully saturated rings. The first kappa shape index (κ1) is 24.2. The Morgan fingerprint density at radius 1 is 1.10 bits per heavy atom. The minimum Gasteiger partial charge on any atom is -0.467 e. The van der Waals surface area contributed by atoms with E-state index in [9.17, 15) is 9.59 Å². The molecule has 1 amide bonds. The molecular formula is C19H36N8O3. The van der Waals surface area contributed by atoms with Crippen LogP contribution >= 0.6 is 0 Å². The van der Waals surface area contributed by atoms with Crippen molar-refractivity contribution < 1.29 is 14.3 Å². The van der Waals surface area contributed by atoms with Crippen molar-refractivity contribution in [3.05, 3.63) is 11.9 Å². The topological polar surface area (TPSA) is 125 Å². The molecule has 1 aromatic heterocycles. The molecule has 0 aliphatic carbocycles. The maximum atomic E-state index is 12.1. The summed E-state index contributed by atoms with van der Waals surface area (Å²) in [5.74, 6) is -0.795. The SMILES string of the molecule is COC(=O)C(C)NC(=O)Cn1cc(CN2CCCNCCNCCCNCC2)nn1. The number of aromatic nitrogens is 3. The number of carbonyl (C=O) groups is 2. The van der Waals surface area contributed by atoms with Gasteiger partial charge in [-0.3, -0.25) is 9.69 Å². The largest absolute Gasteiger partial charge is 0.467 e. The fraction of sp³-hybridized carbons (Fsp3) is 0.789. The van der Waals surface area contributed by atoms with Crippen molar-refractivity contribution in [2.45, 2.75) is 38.9 Å². The van der Waals surface area contributed by atoms with Crippen LogP contribution in [0.5, 0.6) is 0 Å². The molecule has 1 unspecified atom stereocenters. The Labute approximate surface area is 178 Å². The Kier molecular flexibility index (Phi) is 11.3. The van der Waals surface area contributed by atoms with Gasteiger partial charge in [-0.1, -0.05) is 5.21 Å². The number of rotatable bonds is 6. The molecule has 0 bridgehead atoms. The molecule has 0 radical (unpaired) electrons. The van der Waals surface area contributed by atoms with Crippen molar-refractivity contribution >= 4 is 11.9 Å². The highest BCUT2D eigenvalue weighted by Gasteiger charge is 2.17. The summed E-state index contributed by atoms with van der Waals surface area (Å²) in [7, 11) is 1.29. The van der Waals surface area contributed by atoms with Crippen LogP contribution in [0, 0.1) is 0 Å². The number of nitrogens with one attached hydrogen (secondary N) is 4. The number of amides is 1. The summed E-state index contributed by atoms with van der Waals surface area (Å²) in [6.45, 7) is 10.1. The zero-order valence-corrected chi connectivity index (χ0v) is 18.2. The zero-order valence-electron chi connectivity index (χ0n) is 18.2. The lowest BCUT2D eigenvalue weighted by atomic mass is 10.3. The van der Waals surface area contributed by atoms with Crippen LogP contribution in [0.1, 0.15) is 25.5 Å². The minimum absolute atomic E-state index is 0.00778. The Morgan fingerprint density at radius 2 is 1.80 bits per heavy atom. The molecule has 1 atom stereocenters. The van der Waals surface area contributed by atoms with Gasteiger partial charge in [0, 0.05) is 32.7 Å². The van der Waals surface area contributed by atoms with Gasteiger partial charge >= 0.3 is 5.97 Å². The molecule has 1 saturated heterocycles. The number of methoxy groups -OCH3 is 1. The predicted molar refractivity (Wildman–Crippen MR) is 113 cm³/mol. The van der Waals surface area contributed by atoms with E-state index < -0.39 is 12.0 Å². The van der Waals surface area contributed by atoms with Crippen LogP contribution in [0.2, 0.25) is 0 Å². The fourth-order valence-electron chi connectivity index (χ4n) is 3.21. The second kappa shape index (κ2) is 14.0. The van der Waals surface area contributed by atoms with Crippen molar-refractivity contribution in [1.82, 2.24) is 41.2 Å². The quantitative estimate of drug-likeness (QED) is 0.396. The van der Waals surface area contributed by atoms with Gasteiger partial charge in [0.2, 0.25) is 5.91 Å². The summed E-state index contributed by atoms with van der Waals surface area (Å²) in [6.07, 6.45) is 3.96. The van der Waals surface area contributed by atoms with E-state index in [0.717, 1.165) is 70.9 Å². The molecule has 2 heterocycles. The third-order valence-electron chi connectivity index (χ3n) is 4.83. The first-order valence-corrected chi connectivity index (χ1v) is 10.7. The van der Waals surface area contributed by atoms with Crippen molar-refractivity contribution in [2.24, 2.45) is 0 Å². The number of nitrogens with zero attached hydrogens (tertiary/aromatic N) is 4. The summed E-state index contributed by atoms with van der Waals surface area (Å²) in [6, 6.07) is -0.696. The smallest absolute Gasteiger partial charge is 0.328 e. The Hall–Kier alpha value is -2.08. The van der Waals surface area contributed by atoms with Crippen LogP contribution in [0.15, 0.2) is 6.20 Å². The maximum Gasteiger partial charge on any atom is 0.328 e. The van der Waals surface area contributed by atoms with Gasteiger partial charge in [-0.2, -0.15) is 0 Å². The van der Waals surface area contributed by atoms with Gasteiger partial charge in [-0.15, -0.1) is 5.10 Å². The summed E-state index contributed by atoms with van der Waals surface area (Å²) in [5.41, 5.74) is 0.821. The van der Waals surface area contributed by atoms with E-state index in [1.165, 1.54) is 11.8 Å². The second-order valence-electron chi connectivity index (χ2n) is 7.45. The molecule has 0 saturated carbocycles. The Bertz CT molecular complexity index is 625. The van der Waals surface area contributed by atoms with Gasteiger partial charge in [0.05, 0.1) is 19.0 Å². The molecular weight excluding hydrogens is 388 g/mol. The fourth-order valence-corrected chi connectivity index (χ4v) is 3.21. The standard InChI is InChI=1S/C19H36N8O3/c1-16(19(29)30-2)23-18(28)15-27-14-17(24-25-27)13-26-11-4-7-21-9-8-20-5-3-6-22-10-12-26/h14,16,20-22H,3-13,15H2,1-2H3,(H,23,28). The average molecular weight is 425 g/mol. The van der Waals surface area contributed by atoms with E-state index in [1.54, 1.807) is 13.1 Å². The van der Waals surface area contributed by atoms with E-state index in [2.05, 4.69) is 41.2 Å². The molecule has 1 aliphatic rings. The first-order chi connectivity index (χ1) is 14.6. The highest BCUT2D eigenvalue weighted by Crippen LogP contribution is 2.02. The van der Waals surface area contributed by atoms with Gasteiger partial charge in [0.15, 0.2) is 0 Å². The maximum absolute atomic E-state index is 12.1. The monoisotopic (exact) mass is 424 g/mol. The number of esters is 1. The predicted octanol–water partition coefficient (Wildman–Crippen LogP) is -1.68. The molecule has 0 spiro atoms. The summed E-state index contributed by atoms with van der Waals surface area (Å²) in [4.78, 5) is 25.8. The van der Waals surface area contributed by atoms with E-state index in [-0.39, 0.29) is 12.5 Å². The van der Waals surface area contributed by atoms with Crippen LogP contribution < -0.4 is 21.3 Å². The third-order valence-corrected chi connectivity index (χ3v) is 4.83. The summed E-state index contributed by atoms with van der Waals surface area (Å²) < 4.78 is 6.10. The molecule has 1 aromatic rings. The van der Waals surface area contributed by atoms with Crippen LogP contribution in [0.4, 0.5) is 0 Å². The second-order valence-corrected chi connectivity index (χ2v) is 7.45. The molecule has 4 N–H and O–H groups in total. The highest BCUT2D eigenvalue weighted by atomic mass is 16.5. The molecule has 0 aromatic carbocycles. The summed E-state index contributed by atoms with van der Waals surface area (Å²) in [5, 5.41) is 21.2. The van der Waals surface area contributed by atoms with Crippen LogP contribution in [-0.2, 0) is 27.4 Å². The van der Waals surface area contributed by atoms with Crippen LogP contribution in [0.3, 0.4) is 0 Å². The van der Waals surface area contributed by atoms with Crippen molar-refractivity contribution in [3.8, 4) is 0 Å². The van der Waals surface area contributed by atoms with Crippen molar-refractivity contribution in [3.63, 3.8) is 0 Å². The normalized spacial score (nSPS) is 18.9. The van der Waals surface area contributed by atoms with Crippen molar-refractivity contribution in [2.75, 3.05) is 59.5 Å². The minimum atomic E-state index is -0.696. The number of ether oxygens (including phenoxy) is 1. The average Bonchev–Trinajstić information content (AvgIpc) is 3.16. The number of hydrogen-bond donors (Lipinski definition) is 4. The molecule has 1 aliphatic heterocycles. The van der Waals surface area contributed by atoms with Crippen molar-refractivity contribution in [1.29, 1.82) is 0 Å². The number of hydrogen-bond acceptors (Lipinski definition) is 9. The Morgan fingerprint density at radius 3 is 2.53 bits per heavy atom. The van der Waals surface area contributed by atoms with E-state index in [0.29, 0.717) is 6.54 Å². The van der Waals surface area contributed by atoms with Gasteiger partial charge in [-0.05, 0) is 45.9 Å². The lowest BCUT2D eigenvalue weighted by molar-refractivity contribution is -0.144. The van der Waals surface area contributed by atoms with Crippen LogP contribution in [0.25, 0.3) is 0 Å². The Balaban J connectivity index is 1.82. The van der Waals surface area contributed by atoms with E-state index in [1.807, 2.05) is 0 Å². The zero-order chi connectivity index (χ0) is 21.6. The lowest BCUT2D eigenvalue weighted by Gasteiger charge is -2.22. The number of carbonyl (C=O) groups excluding carboxylic acids is 2. The first-order valence-electron chi connectivity index (χ1n) is 10.7. The molecule has 2 rings (SSSR count). The van der Waals surface area contributed by atoms with Gasteiger partial charge in [0.25, 0.3) is 0 Å².